The first-order valence-electron chi connectivity index (χ1n) is 6.02. The first-order valence-corrected chi connectivity index (χ1v) is 7.71. The number of rotatable bonds is 4. The summed E-state index contributed by atoms with van der Waals surface area (Å²) in [5, 5.41) is 1.72. The van der Waals surface area contributed by atoms with E-state index in [9.17, 15) is 36.3 Å². The summed E-state index contributed by atoms with van der Waals surface area (Å²) in [6, 6.07) is 6.74. The smallest absolute Gasteiger partial charge is 0.352 e. The van der Waals surface area contributed by atoms with E-state index in [1.165, 1.54) is 30.3 Å². The Kier molecular flexibility index (Phi) is 4.74. The zero-order chi connectivity index (χ0) is 17.4. The van der Waals surface area contributed by atoms with Gasteiger partial charge in [0.05, 0.1) is 0 Å². The summed E-state index contributed by atoms with van der Waals surface area (Å²) in [5.74, 6) is -13.2. The highest BCUT2D eigenvalue weighted by molar-refractivity contribution is 7.52. The highest BCUT2D eigenvalue weighted by Crippen LogP contribution is 2.52. The molecule has 4 nitrogen and oxygen atoms in total. The third-order valence-electron chi connectivity index (χ3n) is 2.94. The summed E-state index contributed by atoms with van der Waals surface area (Å²) < 4.78 is 78.1. The van der Waals surface area contributed by atoms with Gasteiger partial charge in [-0.3, -0.25) is 4.57 Å². The molecule has 0 bridgehead atoms. The van der Waals surface area contributed by atoms with Gasteiger partial charge in [0.15, 0.2) is 29.1 Å². The van der Waals surface area contributed by atoms with Crippen LogP contribution in [0.15, 0.2) is 30.3 Å². The van der Waals surface area contributed by atoms with E-state index in [1.807, 2.05) is 0 Å². The topological polar surface area (TPSA) is 69.6 Å². The normalized spacial score (nSPS) is 13.0. The Labute approximate surface area is 126 Å². The molecule has 0 aliphatic rings. The van der Waals surface area contributed by atoms with Gasteiger partial charge in [0.1, 0.15) is 5.69 Å². The van der Waals surface area contributed by atoms with Crippen molar-refractivity contribution in [3.05, 3.63) is 65.0 Å². The van der Waals surface area contributed by atoms with Crippen LogP contribution in [0.1, 0.15) is 11.3 Å². The predicted molar refractivity (Wildman–Crippen MR) is 71.1 cm³/mol. The Balaban J connectivity index is 2.57. The minimum Gasteiger partial charge on any atom is -0.363 e. The molecule has 0 aliphatic heterocycles. The Morgan fingerprint density at radius 3 is 1.70 bits per heavy atom. The molecule has 1 atom stereocenters. The van der Waals surface area contributed by atoms with Crippen molar-refractivity contribution in [1.82, 2.24) is 0 Å². The molecule has 0 heterocycles. The van der Waals surface area contributed by atoms with E-state index in [1.54, 1.807) is 5.32 Å². The number of hydrogen-bond donors (Lipinski definition) is 3. The van der Waals surface area contributed by atoms with E-state index in [0.29, 0.717) is 0 Å². The van der Waals surface area contributed by atoms with Crippen LogP contribution in [0.2, 0.25) is 0 Å². The van der Waals surface area contributed by atoms with Gasteiger partial charge < -0.3 is 15.1 Å². The largest absolute Gasteiger partial charge is 0.363 e. The predicted octanol–water partition coefficient (Wildman–Crippen LogP) is 3.67. The van der Waals surface area contributed by atoms with Crippen LogP contribution in [0.25, 0.3) is 0 Å². The summed E-state index contributed by atoms with van der Waals surface area (Å²) in [5.41, 5.74) is -1.61. The summed E-state index contributed by atoms with van der Waals surface area (Å²) >= 11 is 0. The van der Waals surface area contributed by atoms with Gasteiger partial charge in [-0.15, -0.1) is 0 Å². The molecular weight excluding hydrogens is 344 g/mol. The average Bonchev–Trinajstić information content (AvgIpc) is 2.51. The molecule has 0 saturated carbocycles. The summed E-state index contributed by atoms with van der Waals surface area (Å²) in [6.07, 6.45) is 0. The lowest BCUT2D eigenvalue weighted by molar-refractivity contribution is 0.361. The molecule has 0 radical (unpaired) electrons. The molecule has 0 aromatic heterocycles. The quantitative estimate of drug-likeness (QED) is 0.340. The SMILES string of the molecule is O=P(O)(O)C(Nc1c(F)c(F)c(F)c(F)c1F)c1ccccc1. The molecule has 0 saturated heterocycles. The van der Waals surface area contributed by atoms with Gasteiger partial charge in [0.25, 0.3) is 0 Å². The van der Waals surface area contributed by atoms with Crippen molar-refractivity contribution in [3.8, 4) is 0 Å². The molecular formula is C13H9F5NO3P. The Hall–Kier alpha value is -1.96. The highest BCUT2D eigenvalue weighted by Gasteiger charge is 2.34. The Bertz CT molecular complexity index is 752. The van der Waals surface area contributed by atoms with Gasteiger partial charge in [-0.1, -0.05) is 30.3 Å². The summed E-state index contributed by atoms with van der Waals surface area (Å²) in [7, 11) is -5.03. The fourth-order valence-electron chi connectivity index (χ4n) is 1.87. The van der Waals surface area contributed by atoms with E-state index in [2.05, 4.69) is 0 Å². The van der Waals surface area contributed by atoms with Gasteiger partial charge in [0.2, 0.25) is 5.82 Å². The molecule has 0 spiro atoms. The van der Waals surface area contributed by atoms with Crippen molar-refractivity contribution >= 4 is 13.3 Å². The Morgan fingerprint density at radius 1 is 0.826 bits per heavy atom. The van der Waals surface area contributed by atoms with Crippen molar-refractivity contribution in [3.63, 3.8) is 0 Å². The van der Waals surface area contributed by atoms with Crippen LogP contribution >= 0.6 is 7.60 Å². The fourth-order valence-corrected chi connectivity index (χ4v) is 2.72. The molecule has 0 fully saturated rings. The monoisotopic (exact) mass is 353 g/mol. The first kappa shape index (κ1) is 17.4. The molecule has 2 rings (SSSR count). The number of anilines is 1. The second kappa shape index (κ2) is 6.27. The number of benzene rings is 2. The van der Waals surface area contributed by atoms with Gasteiger partial charge >= 0.3 is 7.60 Å². The van der Waals surface area contributed by atoms with E-state index < -0.39 is 48.2 Å². The van der Waals surface area contributed by atoms with Gasteiger partial charge in [-0.25, -0.2) is 22.0 Å². The summed E-state index contributed by atoms with van der Waals surface area (Å²) in [4.78, 5) is 18.6. The van der Waals surface area contributed by atoms with Crippen molar-refractivity contribution in [2.24, 2.45) is 0 Å². The molecule has 10 heteroatoms. The molecule has 23 heavy (non-hydrogen) atoms. The van der Waals surface area contributed by atoms with Crippen LogP contribution in [-0.4, -0.2) is 9.79 Å². The third-order valence-corrected chi connectivity index (χ3v) is 4.04. The first-order chi connectivity index (χ1) is 10.6. The summed E-state index contributed by atoms with van der Waals surface area (Å²) in [6.45, 7) is 0. The van der Waals surface area contributed by atoms with E-state index in [0.717, 1.165) is 0 Å². The van der Waals surface area contributed by atoms with Crippen LogP contribution in [0.5, 0.6) is 0 Å². The van der Waals surface area contributed by atoms with E-state index in [4.69, 9.17) is 0 Å². The molecule has 1 unspecified atom stereocenters. The molecule has 2 aromatic rings. The van der Waals surface area contributed by atoms with Crippen LogP contribution in [-0.2, 0) is 4.57 Å². The maximum atomic E-state index is 13.6. The van der Waals surface area contributed by atoms with Crippen molar-refractivity contribution < 1.29 is 36.3 Å². The second-order valence-corrected chi connectivity index (χ2v) is 6.19. The number of halogens is 5. The van der Waals surface area contributed by atoms with E-state index in [-0.39, 0.29) is 5.56 Å². The number of nitrogens with one attached hydrogen (secondary N) is 1. The Morgan fingerprint density at radius 2 is 1.26 bits per heavy atom. The zero-order valence-corrected chi connectivity index (χ0v) is 12.0. The zero-order valence-electron chi connectivity index (χ0n) is 11.1. The van der Waals surface area contributed by atoms with Crippen molar-refractivity contribution in [2.45, 2.75) is 5.78 Å². The molecule has 3 N–H and O–H groups in total. The second-order valence-electron chi connectivity index (χ2n) is 4.49. The highest BCUT2D eigenvalue weighted by atomic mass is 31.2. The van der Waals surface area contributed by atoms with Crippen LogP contribution in [0, 0.1) is 29.1 Å². The lowest BCUT2D eigenvalue weighted by Crippen LogP contribution is -2.16. The van der Waals surface area contributed by atoms with Crippen LogP contribution < -0.4 is 5.32 Å². The van der Waals surface area contributed by atoms with Crippen molar-refractivity contribution in [2.75, 3.05) is 5.32 Å². The minimum absolute atomic E-state index is 0.0928. The van der Waals surface area contributed by atoms with Gasteiger partial charge in [0, 0.05) is 0 Å². The van der Waals surface area contributed by atoms with E-state index >= 15 is 0 Å². The minimum atomic E-state index is -5.03. The molecule has 0 amide bonds. The third kappa shape index (κ3) is 3.36. The fraction of sp³-hybridized carbons (Fsp3) is 0.0769. The van der Waals surface area contributed by atoms with Crippen LogP contribution in [0.4, 0.5) is 27.6 Å². The molecule has 124 valence electrons. The maximum Gasteiger partial charge on any atom is 0.352 e. The standard InChI is InChI=1S/C13H9F5NO3P/c14-7-8(15)10(17)12(11(18)9(7)16)19-13(23(20,21)22)6-4-2-1-3-5-6/h1-5,13,19H,(H2,20,21,22). The lowest BCUT2D eigenvalue weighted by Gasteiger charge is -2.22. The lowest BCUT2D eigenvalue weighted by atomic mass is 10.2. The van der Waals surface area contributed by atoms with Crippen molar-refractivity contribution in [1.29, 1.82) is 0 Å². The van der Waals surface area contributed by atoms with Gasteiger partial charge in [-0.2, -0.15) is 0 Å². The number of hydrogen-bond acceptors (Lipinski definition) is 2. The molecule has 0 aliphatic carbocycles. The van der Waals surface area contributed by atoms with Gasteiger partial charge in [-0.05, 0) is 5.56 Å². The average molecular weight is 353 g/mol. The van der Waals surface area contributed by atoms with Crippen LogP contribution in [0.3, 0.4) is 0 Å². The molecule has 2 aromatic carbocycles. The maximum absolute atomic E-state index is 13.6.